The number of methoxy groups -OCH3 is 1. The van der Waals surface area contributed by atoms with Crippen LogP contribution in [-0.2, 0) is 11.3 Å². The van der Waals surface area contributed by atoms with Crippen LogP contribution in [0.25, 0.3) is 0 Å². The number of carbonyl (C=O) groups is 1. The number of carbonyl (C=O) groups excluding carboxylic acids is 1. The molecule has 0 fully saturated rings. The number of rotatable bonds is 5. The Kier molecular flexibility index (Phi) is 4.51. The Balaban J connectivity index is 2.57. The van der Waals surface area contributed by atoms with Crippen LogP contribution in [0.5, 0.6) is 5.75 Å². The summed E-state index contributed by atoms with van der Waals surface area (Å²) in [6.07, 6.45) is 3.25. The van der Waals surface area contributed by atoms with Gasteiger partial charge in [0.25, 0.3) is 0 Å². The van der Waals surface area contributed by atoms with Crippen molar-refractivity contribution in [1.82, 2.24) is 10.3 Å². The zero-order chi connectivity index (χ0) is 12.0. The van der Waals surface area contributed by atoms with Crippen molar-refractivity contribution < 1.29 is 9.53 Å². The number of ether oxygens (including phenoxy) is 1. The van der Waals surface area contributed by atoms with Crippen LogP contribution in [0.3, 0.4) is 0 Å². The molecule has 0 amide bonds. The number of nitrogens with zero attached hydrogens (tertiary/aromatic N) is 1. The van der Waals surface area contributed by atoms with Crippen molar-refractivity contribution in [2.75, 3.05) is 7.11 Å². The third-order valence-electron chi connectivity index (χ3n) is 1.99. The van der Waals surface area contributed by atoms with Crippen molar-refractivity contribution in [3.63, 3.8) is 0 Å². The lowest BCUT2D eigenvalue weighted by Crippen LogP contribution is -2.12. The number of hydrogen-bond donors (Lipinski definition) is 1. The molecular formula is C12H16N2O2. The summed E-state index contributed by atoms with van der Waals surface area (Å²) in [5.41, 5.74) is 1.70. The monoisotopic (exact) mass is 220 g/mol. The maximum atomic E-state index is 10.8. The van der Waals surface area contributed by atoms with Gasteiger partial charge >= 0.3 is 0 Å². The minimum absolute atomic E-state index is 0.0311. The van der Waals surface area contributed by atoms with E-state index in [1.807, 2.05) is 13.0 Å². The molecule has 0 saturated heterocycles. The number of ketones is 1. The highest BCUT2D eigenvalue weighted by Gasteiger charge is 1.97. The van der Waals surface area contributed by atoms with Gasteiger partial charge in [-0.25, -0.2) is 0 Å². The van der Waals surface area contributed by atoms with Gasteiger partial charge in [-0.1, -0.05) is 0 Å². The smallest absolute Gasteiger partial charge is 0.154 e. The summed E-state index contributed by atoms with van der Waals surface area (Å²) < 4.78 is 5.09. The topological polar surface area (TPSA) is 51.2 Å². The number of hydrogen-bond acceptors (Lipinski definition) is 4. The molecule has 4 heteroatoms. The summed E-state index contributed by atoms with van der Waals surface area (Å²) in [4.78, 5) is 15.0. The Labute approximate surface area is 95.3 Å². The quantitative estimate of drug-likeness (QED) is 0.767. The van der Waals surface area contributed by atoms with Gasteiger partial charge in [0.15, 0.2) is 5.78 Å². The minimum Gasteiger partial charge on any atom is -0.497 e. The standard InChI is InChI=1S/C12H16N2O2/c1-9(6-10(2)15)14-8-11-7-12(16-3)4-5-13-11/h4-7,14H,8H2,1-3H3/b9-6+. The highest BCUT2D eigenvalue weighted by molar-refractivity contribution is 5.87. The first-order valence-electron chi connectivity index (χ1n) is 5.03. The van der Waals surface area contributed by atoms with Crippen LogP contribution in [0.4, 0.5) is 0 Å². The van der Waals surface area contributed by atoms with Gasteiger partial charge < -0.3 is 10.1 Å². The predicted molar refractivity (Wildman–Crippen MR) is 62.1 cm³/mol. The normalized spacial score (nSPS) is 11.1. The molecule has 0 aliphatic heterocycles. The van der Waals surface area contributed by atoms with E-state index in [1.54, 1.807) is 25.4 Å². The average Bonchev–Trinajstić information content (AvgIpc) is 2.26. The van der Waals surface area contributed by atoms with Crippen molar-refractivity contribution in [1.29, 1.82) is 0 Å². The molecule has 0 spiro atoms. The second-order valence-corrected chi connectivity index (χ2v) is 3.48. The van der Waals surface area contributed by atoms with E-state index >= 15 is 0 Å². The summed E-state index contributed by atoms with van der Waals surface area (Å²) in [6.45, 7) is 3.95. The second kappa shape index (κ2) is 5.90. The fourth-order valence-electron chi connectivity index (χ4n) is 1.27. The van der Waals surface area contributed by atoms with E-state index in [9.17, 15) is 4.79 Å². The molecule has 0 saturated carbocycles. The fraction of sp³-hybridized carbons (Fsp3) is 0.333. The van der Waals surface area contributed by atoms with Crippen molar-refractivity contribution in [3.8, 4) is 5.75 Å². The van der Waals surface area contributed by atoms with Crippen LogP contribution < -0.4 is 10.1 Å². The summed E-state index contributed by atoms with van der Waals surface area (Å²) in [5.74, 6) is 0.809. The van der Waals surface area contributed by atoms with Gasteiger partial charge in [-0.2, -0.15) is 0 Å². The molecule has 0 aliphatic carbocycles. The van der Waals surface area contributed by atoms with E-state index in [2.05, 4.69) is 10.3 Å². The zero-order valence-corrected chi connectivity index (χ0v) is 9.78. The highest BCUT2D eigenvalue weighted by Crippen LogP contribution is 2.09. The molecule has 16 heavy (non-hydrogen) atoms. The van der Waals surface area contributed by atoms with Gasteiger partial charge in [0, 0.05) is 18.0 Å². The lowest BCUT2D eigenvalue weighted by molar-refractivity contribution is -0.112. The van der Waals surface area contributed by atoms with Crippen molar-refractivity contribution in [3.05, 3.63) is 35.8 Å². The molecule has 4 nitrogen and oxygen atoms in total. The molecule has 86 valence electrons. The maximum absolute atomic E-state index is 10.8. The molecule has 1 aromatic rings. The van der Waals surface area contributed by atoms with Gasteiger partial charge in [0.2, 0.25) is 0 Å². The Bertz CT molecular complexity index is 400. The summed E-state index contributed by atoms with van der Waals surface area (Å²) in [5, 5.41) is 3.10. The van der Waals surface area contributed by atoms with Crippen LogP contribution >= 0.6 is 0 Å². The second-order valence-electron chi connectivity index (χ2n) is 3.48. The van der Waals surface area contributed by atoms with Crippen LogP contribution in [0.1, 0.15) is 19.5 Å². The van der Waals surface area contributed by atoms with Crippen molar-refractivity contribution in [2.45, 2.75) is 20.4 Å². The molecular weight excluding hydrogens is 204 g/mol. The maximum Gasteiger partial charge on any atom is 0.154 e. The average molecular weight is 220 g/mol. The van der Waals surface area contributed by atoms with Gasteiger partial charge in [0.1, 0.15) is 5.75 Å². The SMILES string of the molecule is COc1ccnc(CN/C(C)=C/C(C)=O)c1. The summed E-state index contributed by atoms with van der Waals surface area (Å²) in [6, 6.07) is 3.65. The first kappa shape index (κ1) is 12.2. The molecule has 1 rings (SSSR count). The molecule has 0 atom stereocenters. The molecule has 0 aromatic carbocycles. The van der Waals surface area contributed by atoms with Crippen LogP contribution in [0.15, 0.2) is 30.1 Å². The summed E-state index contributed by atoms with van der Waals surface area (Å²) in [7, 11) is 1.62. The third-order valence-corrected chi connectivity index (χ3v) is 1.99. The Hall–Kier alpha value is -1.84. The Morgan fingerprint density at radius 2 is 2.31 bits per heavy atom. The van der Waals surface area contributed by atoms with E-state index < -0.39 is 0 Å². The number of allylic oxidation sites excluding steroid dienone is 2. The number of pyridine rings is 1. The van der Waals surface area contributed by atoms with E-state index in [1.165, 1.54) is 6.92 Å². The predicted octanol–water partition coefficient (Wildman–Crippen LogP) is 1.67. The Morgan fingerprint density at radius 3 is 2.94 bits per heavy atom. The van der Waals surface area contributed by atoms with E-state index in [4.69, 9.17) is 4.74 Å². The third kappa shape index (κ3) is 4.13. The number of nitrogens with one attached hydrogen (secondary N) is 1. The van der Waals surface area contributed by atoms with Crippen molar-refractivity contribution >= 4 is 5.78 Å². The lowest BCUT2D eigenvalue weighted by Gasteiger charge is -2.06. The molecule has 1 heterocycles. The fourth-order valence-corrected chi connectivity index (χ4v) is 1.27. The van der Waals surface area contributed by atoms with Gasteiger partial charge in [-0.15, -0.1) is 0 Å². The highest BCUT2D eigenvalue weighted by atomic mass is 16.5. The largest absolute Gasteiger partial charge is 0.497 e. The minimum atomic E-state index is 0.0311. The van der Waals surface area contributed by atoms with E-state index in [-0.39, 0.29) is 5.78 Å². The van der Waals surface area contributed by atoms with E-state index in [0.717, 1.165) is 17.1 Å². The van der Waals surface area contributed by atoms with Gasteiger partial charge in [-0.05, 0) is 26.0 Å². The first-order valence-corrected chi connectivity index (χ1v) is 5.03. The molecule has 0 unspecified atom stereocenters. The molecule has 1 N–H and O–H groups in total. The number of aromatic nitrogens is 1. The summed E-state index contributed by atoms with van der Waals surface area (Å²) >= 11 is 0. The van der Waals surface area contributed by atoms with Crippen LogP contribution in [0.2, 0.25) is 0 Å². The van der Waals surface area contributed by atoms with Crippen LogP contribution in [0, 0.1) is 0 Å². The van der Waals surface area contributed by atoms with Crippen molar-refractivity contribution in [2.24, 2.45) is 0 Å². The lowest BCUT2D eigenvalue weighted by atomic mass is 10.3. The van der Waals surface area contributed by atoms with Crippen LogP contribution in [-0.4, -0.2) is 17.9 Å². The molecule has 0 radical (unpaired) electrons. The van der Waals surface area contributed by atoms with Gasteiger partial charge in [0.05, 0.1) is 19.3 Å². The van der Waals surface area contributed by atoms with Gasteiger partial charge in [-0.3, -0.25) is 9.78 Å². The molecule has 1 aromatic heterocycles. The Morgan fingerprint density at radius 1 is 1.56 bits per heavy atom. The zero-order valence-electron chi connectivity index (χ0n) is 9.78. The molecule has 0 aliphatic rings. The van der Waals surface area contributed by atoms with E-state index in [0.29, 0.717) is 6.54 Å². The first-order chi connectivity index (χ1) is 7.61. The molecule has 0 bridgehead atoms.